The molecule has 0 bridgehead atoms. The van der Waals surface area contributed by atoms with Crippen molar-refractivity contribution >= 4 is 16.1 Å². The third-order valence-corrected chi connectivity index (χ3v) is 5.81. The molecule has 2 N–H and O–H groups in total. The van der Waals surface area contributed by atoms with Crippen molar-refractivity contribution in [2.45, 2.75) is 18.4 Å². The highest BCUT2D eigenvalue weighted by Gasteiger charge is 2.37. The highest BCUT2D eigenvalue weighted by molar-refractivity contribution is 7.88. The normalized spacial score (nSPS) is 17.5. The van der Waals surface area contributed by atoms with Crippen LogP contribution in [0.4, 0.5) is 4.79 Å². The molecule has 2 rings (SSSR count). The Hall–Kier alpha value is -1.84. The first kappa shape index (κ1) is 20.5. The van der Waals surface area contributed by atoms with Crippen molar-refractivity contribution in [2.24, 2.45) is 0 Å². The quantitative estimate of drug-likeness (QED) is 0.646. The fourth-order valence-corrected chi connectivity index (χ4v) is 3.68. The maximum atomic E-state index is 11.9. The Morgan fingerprint density at radius 3 is 2.42 bits per heavy atom. The molecular weight excluding hydrogens is 358 g/mol. The first-order valence-electron chi connectivity index (χ1n) is 8.54. The number of rotatable bonds is 8. The Bertz CT molecular complexity index is 673. The van der Waals surface area contributed by atoms with Crippen LogP contribution in [-0.4, -0.2) is 70.5 Å². The molecule has 9 heteroatoms. The molecule has 0 aromatic heterocycles. The lowest BCUT2D eigenvalue weighted by Gasteiger charge is -2.39. The van der Waals surface area contributed by atoms with Gasteiger partial charge in [-0.1, -0.05) is 18.2 Å². The first-order chi connectivity index (χ1) is 12.3. The molecule has 1 fully saturated rings. The molecule has 0 atom stereocenters. The van der Waals surface area contributed by atoms with E-state index in [0.29, 0.717) is 45.6 Å². The lowest BCUT2D eigenvalue weighted by atomic mass is 9.92. The molecule has 1 saturated heterocycles. The van der Waals surface area contributed by atoms with Gasteiger partial charge in [-0.05, 0) is 25.0 Å². The molecule has 1 heterocycles. The minimum atomic E-state index is -3.19. The van der Waals surface area contributed by atoms with Crippen LogP contribution in [0, 0.1) is 0 Å². The Balaban J connectivity index is 1.68. The molecule has 0 aliphatic carbocycles. The second kappa shape index (κ2) is 9.20. The number of urea groups is 1. The van der Waals surface area contributed by atoms with Crippen LogP contribution in [0.25, 0.3) is 0 Å². The molecule has 0 radical (unpaired) electrons. The molecule has 1 aromatic carbocycles. The summed E-state index contributed by atoms with van der Waals surface area (Å²) in [7, 11) is -1.60. The number of methoxy groups -OCH3 is 1. The Kier molecular flexibility index (Phi) is 7.24. The van der Waals surface area contributed by atoms with Gasteiger partial charge in [-0.15, -0.1) is 0 Å². The van der Waals surface area contributed by atoms with Crippen LogP contribution in [0.5, 0.6) is 5.75 Å². The van der Waals surface area contributed by atoms with Gasteiger partial charge in [-0.2, -0.15) is 0 Å². The number of para-hydroxylation sites is 1. The molecule has 0 saturated carbocycles. The minimum Gasteiger partial charge on any atom is -0.492 e. The number of carbonyl (C=O) groups is 1. The van der Waals surface area contributed by atoms with Crippen molar-refractivity contribution < 1.29 is 22.7 Å². The van der Waals surface area contributed by atoms with E-state index in [0.717, 1.165) is 5.75 Å². The Labute approximate surface area is 154 Å². The predicted octanol–water partition coefficient (Wildman–Crippen LogP) is 0.805. The number of nitrogens with zero attached hydrogens (tertiary/aromatic N) is 1. The number of benzene rings is 1. The first-order valence-corrected chi connectivity index (χ1v) is 10.4. The van der Waals surface area contributed by atoms with Gasteiger partial charge in [-0.3, -0.25) is 0 Å². The van der Waals surface area contributed by atoms with Gasteiger partial charge < -0.3 is 20.1 Å². The molecule has 1 aromatic rings. The van der Waals surface area contributed by atoms with Crippen LogP contribution in [0.1, 0.15) is 12.8 Å². The molecule has 1 aliphatic heterocycles. The topological polar surface area (TPSA) is 97.0 Å². The van der Waals surface area contributed by atoms with Crippen molar-refractivity contribution in [3.8, 4) is 5.75 Å². The van der Waals surface area contributed by atoms with E-state index >= 15 is 0 Å². The van der Waals surface area contributed by atoms with Crippen LogP contribution < -0.4 is 15.4 Å². The van der Waals surface area contributed by atoms with E-state index in [1.165, 1.54) is 10.6 Å². The van der Waals surface area contributed by atoms with Gasteiger partial charge in [0, 0.05) is 26.7 Å². The number of sulfonamides is 1. The number of nitrogens with one attached hydrogen (secondary N) is 2. The summed E-state index contributed by atoms with van der Waals surface area (Å²) in [6.07, 6.45) is 2.28. The average Bonchev–Trinajstić information content (AvgIpc) is 2.64. The van der Waals surface area contributed by atoms with Crippen molar-refractivity contribution in [1.82, 2.24) is 14.9 Å². The van der Waals surface area contributed by atoms with E-state index in [1.54, 1.807) is 7.11 Å². The average molecular weight is 385 g/mol. The largest absolute Gasteiger partial charge is 0.492 e. The lowest BCUT2D eigenvalue weighted by molar-refractivity contribution is -0.0417. The number of hydrogen-bond acceptors (Lipinski definition) is 5. The fourth-order valence-electron chi connectivity index (χ4n) is 2.83. The monoisotopic (exact) mass is 385 g/mol. The summed E-state index contributed by atoms with van der Waals surface area (Å²) in [5.41, 5.74) is -0.543. The van der Waals surface area contributed by atoms with E-state index in [1.807, 2.05) is 30.3 Å². The summed E-state index contributed by atoms with van der Waals surface area (Å²) in [5.74, 6) is 0.755. The summed E-state index contributed by atoms with van der Waals surface area (Å²) in [4.78, 5) is 11.9. The number of carbonyl (C=O) groups excluding carboxylic acids is 1. The maximum absolute atomic E-state index is 11.9. The lowest BCUT2D eigenvalue weighted by Crippen LogP contribution is -2.54. The molecule has 8 nitrogen and oxygen atoms in total. The summed E-state index contributed by atoms with van der Waals surface area (Å²) in [6.45, 7) is 1.85. The standard InChI is InChI=1S/C17H27N3O5S/c1-24-17(8-11-20(12-9-17)26(2,22)23)14-19-16(21)18-10-13-25-15-6-4-3-5-7-15/h3-7H,8-14H2,1-2H3,(H2,18,19,21). The van der Waals surface area contributed by atoms with E-state index in [-0.39, 0.29) is 6.03 Å². The van der Waals surface area contributed by atoms with E-state index in [9.17, 15) is 13.2 Å². The zero-order chi connectivity index (χ0) is 19.0. The van der Waals surface area contributed by atoms with Gasteiger partial charge in [0.05, 0.1) is 18.4 Å². The highest BCUT2D eigenvalue weighted by atomic mass is 32.2. The molecule has 0 unspecified atom stereocenters. The maximum Gasteiger partial charge on any atom is 0.315 e. The fraction of sp³-hybridized carbons (Fsp3) is 0.588. The van der Waals surface area contributed by atoms with Crippen LogP contribution >= 0.6 is 0 Å². The molecule has 26 heavy (non-hydrogen) atoms. The number of hydrogen-bond donors (Lipinski definition) is 2. The third kappa shape index (κ3) is 6.15. The second-order valence-corrected chi connectivity index (χ2v) is 8.30. The second-order valence-electron chi connectivity index (χ2n) is 6.32. The van der Waals surface area contributed by atoms with E-state index in [2.05, 4.69) is 10.6 Å². The number of piperidine rings is 1. The summed E-state index contributed by atoms with van der Waals surface area (Å²) >= 11 is 0. The smallest absolute Gasteiger partial charge is 0.315 e. The highest BCUT2D eigenvalue weighted by Crippen LogP contribution is 2.26. The minimum absolute atomic E-state index is 0.302. The molecule has 146 valence electrons. The van der Waals surface area contributed by atoms with Gasteiger partial charge in [0.1, 0.15) is 12.4 Å². The SMILES string of the molecule is COC1(CNC(=O)NCCOc2ccccc2)CCN(S(C)(=O)=O)CC1. The third-order valence-electron chi connectivity index (χ3n) is 4.51. The van der Waals surface area contributed by atoms with Crippen molar-refractivity contribution in [3.63, 3.8) is 0 Å². The molecule has 0 spiro atoms. The summed E-state index contributed by atoms with van der Waals surface area (Å²) in [5, 5.41) is 5.53. The van der Waals surface area contributed by atoms with Crippen LogP contribution in [-0.2, 0) is 14.8 Å². The van der Waals surface area contributed by atoms with Crippen molar-refractivity contribution in [2.75, 3.05) is 46.2 Å². The zero-order valence-corrected chi connectivity index (χ0v) is 16.0. The van der Waals surface area contributed by atoms with E-state index in [4.69, 9.17) is 9.47 Å². The van der Waals surface area contributed by atoms with E-state index < -0.39 is 15.6 Å². The van der Waals surface area contributed by atoms with Crippen LogP contribution in [0.2, 0.25) is 0 Å². The number of amides is 2. The molecular formula is C17H27N3O5S. The van der Waals surface area contributed by atoms with Crippen LogP contribution in [0.15, 0.2) is 30.3 Å². The zero-order valence-electron chi connectivity index (χ0n) is 15.2. The van der Waals surface area contributed by atoms with Gasteiger partial charge in [0.25, 0.3) is 0 Å². The summed E-state index contributed by atoms with van der Waals surface area (Å²) < 4.78 is 35.7. The Morgan fingerprint density at radius 2 is 1.85 bits per heavy atom. The van der Waals surface area contributed by atoms with Gasteiger partial charge >= 0.3 is 6.03 Å². The van der Waals surface area contributed by atoms with Crippen LogP contribution in [0.3, 0.4) is 0 Å². The Morgan fingerprint density at radius 1 is 1.19 bits per heavy atom. The number of ether oxygens (including phenoxy) is 2. The van der Waals surface area contributed by atoms with Crippen molar-refractivity contribution in [3.05, 3.63) is 30.3 Å². The van der Waals surface area contributed by atoms with Crippen molar-refractivity contribution in [1.29, 1.82) is 0 Å². The molecule has 1 aliphatic rings. The summed E-state index contributed by atoms with van der Waals surface area (Å²) in [6, 6.07) is 9.08. The predicted molar refractivity (Wildman–Crippen MR) is 98.7 cm³/mol. The molecule has 2 amide bonds. The van der Waals surface area contributed by atoms with Gasteiger partial charge in [0.2, 0.25) is 10.0 Å². The van der Waals surface area contributed by atoms with Gasteiger partial charge in [-0.25, -0.2) is 17.5 Å². The van der Waals surface area contributed by atoms with Gasteiger partial charge in [0.15, 0.2) is 0 Å².